The van der Waals surface area contributed by atoms with Gasteiger partial charge >= 0.3 is 5.97 Å². The molecule has 2 saturated heterocycles. The van der Waals surface area contributed by atoms with E-state index in [2.05, 4.69) is 19.1 Å². The zero-order valence-electron chi connectivity index (χ0n) is 26.2. The van der Waals surface area contributed by atoms with Gasteiger partial charge in [0.05, 0.1) is 29.8 Å². The fourth-order valence-electron chi connectivity index (χ4n) is 5.12. The van der Waals surface area contributed by atoms with Crippen LogP contribution in [-0.4, -0.2) is 99.3 Å². The highest BCUT2D eigenvalue weighted by molar-refractivity contribution is 6.21. The van der Waals surface area contributed by atoms with Crippen LogP contribution >= 0.6 is 11.6 Å². The van der Waals surface area contributed by atoms with Crippen LogP contribution in [0.3, 0.4) is 0 Å². The molecular weight excluding hydrogens is 604 g/mol. The minimum atomic E-state index is -1.22. The van der Waals surface area contributed by atoms with Crippen molar-refractivity contribution in [2.24, 2.45) is 0 Å². The number of carbonyl (C=O) groups excluding carboxylic acids is 1. The zero-order valence-corrected chi connectivity index (χ0v) is 27.0. The maximum absolute atomic E-state index is 12.7. The molecule has 2 fully saturated rings. The van der Waals surface area contributed by atoms with Gasteiger partial charge in [0.15, 0.2) is 12.6 Å². The molecule has 45 heavy (non-hydrogen) atoms. The number of halogens is 1. The number of esters is 1. The summed E-state index contributed by atoms with van der Waals surface area (Å²) in [5.41, 5.74) is 0. The van der Waals surface area contributed by atoms with Gasteiger partial charge < -0.3 is 44.1 Å². The second-order valence-corrected chi connectivity index (χ2v) is 12.0. The third-order valence-electron chi connectivity index (χ3n) is 7.70. The zero-order chi connectivity index (χ0) is 32.8. The molecule has 0 saturated carbocycles. The number of aliphatic hydroxyl groups is 4. The lowest BCUT2D eigenvalue weighted by molar-refractivity contribution is -0.316. The Labute approximate surface area is 271 Å². The maximum atomic E-state index is 12.7. The van der Waals surface area contributed by atoms with E-state index in [4.69, 9.17) is 35.3 Å². The second-order valence-electron chi connectivity index (χ2n) is 11.4. The van der Waals surface area contributed by atoms with Crippen molar-refractivity contribution in [1.29, 1.82) is 0 Å². The molecule has 3 heterocycles. The molecule has 10 nitrogen and oxygen atoms in total. The van der Waals surface area contributed by atoms with E-state index in [9.17, 15) is 25.2 Å². The first-order valence-electron chi connectivity index (χ1n) is 15.8. The van der Waals surface area contributed by atoms with E-state index in [1.54, 1.807) is 38.2 Å². The summed E-state index contributed by atoms with van der Waals surface area (Å²) in [7, 11) is 0. The van der Waals surface area contributed by atoms with E-state index in [0.717, 1.165) is 12.8 Å². The van der Waals surface area contributed by atoms with E-state index in [-0.39, 0.29) is 19.3 Å². The van der Waals surface area contributed by atoms with Gasteiger partial charge in [-0.2, -0.15) is 0 Å². The Hall–Kier alpha value is -2.12. The van der Waals surface area contributed by atoms with Crippen molar-refractivity contribution in [2.75, 3.05) is 0 Å². The van der Waals surface area contributed by atoms with Crippen LogP contribution in [-0.2, 0) is 28.5 Å². The summed E-state index contributed by atoms with van der Waals surface area (Å²) in [5, 5.41) is 41.7. The molecule has 12 atom stereocenters. The van der Waals surface area contributed by atoms with E-state index < -0.39 is 78.9 Å². The predicted molar refractivity (Wildman–Crippen MR) is 170 cm³/mol. The highest BCUT2D eigenvalue weighted by Crippen LogP contribution is 2.30. The Bertz CT molecular complexity index is 1060. The molecule has 3 aliphatic rings. The molecule has 3 rings (SSSR count). The first-order chi connectivity index (χ1) is 21.6. The minimum Gasteiger partial charge on any atom is -0.455 e. The Morgan fingerprint density at radius 3 is 2.24 bits per heavy atom. The van der Waals surface area contributed by atoms with Crippen LogP contribution in [0.25, 0.3) is 0 Å². The largest absolute Gasteiger partial charge is 0.455 e. The third-order valence-corrected chi connectivity index (χ3v) is 8.06. The summed E-state index contributed by atoms with van der Waals surface area (Å²) in [6.45, 7) is 5.38. The highest BCUT2D eigenvalue weighted by atomic mass is 35.5. The van der Waals surface area contributed by atoms with Crippen LogP contribution in [0.5, 0.6) is 0 Å². The van der Waals surface area contributed by atoms with Crippen LogP contribution in [0.15, 0.2) is 72.9 Å². The van der Waals surface area contributed by atoms with Gasteiger partial charge in [-0.1, -0.05) is 73.8 Å². The van der Waals surface area contributed by atoms with Crippen molar-refractivity contribution >= 4 is 17.6 Å². The topological polar surface area (TPSA) is 144 Å². The molecule has 3 aliphatic heterocycles. The van der Waals surface area contributed by atoms with Crippen LogP contribution in [0, 0.1) is 0 Å². The van der Waals surface area contributed by atoms with Crippen LogP contribution in [0.1, 0.15) is 59.3 Å². The smallest absolute Gasteiger partial charge is 0.306 e. The molecule has 0 aliphatic carbocycles. The Morgan fingerprint density at radius 2 is 1.53 bits per heavy atom. The molecule has 4 N–H and O–H groups in total. The standard InChI is InChI=1S/C34H49ClO10/c1-4-5-6-7-8-9-10-11-12-13-14-15-27-34(25(36)18-16-24(35)17-19-29(38)43-27)45-31-21-28(33(40)23(3)42-31)44-30-20-26(37)32(39)22(2)41-30/h5-6,8-16,18,22-28,30-34,36-37,39-40H,4,7,17,19-21H2,1-3H3/b6-5-,9-8-,11-10+,13-12+,15-14-,18-16-/t22-,23-,24+,25+,26-,27+,28-,30+,31+,32+,33+,34-/m1/s1. The predicted octanol–water partition coefficient (Wildman–Crippen LogP) is 3.92. The lowest BCUT2D eigenvalue weighted by Crippen LogP contribution is -2.54. The average Bonchev–Trinajstić information content (AvgIpc) is 3.00. The molecule has 252 valence electrons. The molecule has 0 spiro atoms. The average molecular weight is 653 g/mol. The molecular formula is C34H49ClO10. The number of carbonyl (C=O) groups is 1. The van der Waals surface area contributed by atoms with E-state index in [1.807, 2.05) is 30.4 Å². The quantitative estimate of drug-likeness (QED) is 0.112. The molecule has 11 heteroatoms. The van der Waals surface area contributed by atoms with Gasteiger partial charge in [0.1, 0.15) is 30.5 Å². The van der Waals surface area contributed by atoms with Gasteiger partial charge in [0.2, 0.25) is 0 Å². The Kier molecular flexibility index (Phi) is 16.2. The summed E-state index contributed by atoms with van der Waals surface area (Å²) in [5.74, 6) is -0.489. The summed E-state index contributed by atoms with van der Waals surface area (Å²) < 4.78 is 29.6. The monoisotopic (exact) mass is 652 g/mol. The fourth-order valence-corrected chi connectivity index (χ4v) is 5.31. The number of alkyl halides is 1. The Morgan fingerprint density at radius 1 is 0.867 bits per heavy atom. The van der Waals surface area contributed by atoms with E-state index in [0.29, 0.717) is 6.42 Å². The van der Waals surface area contributed by atoms with Crippen molar-refractivity contribution < 1.29 is 48.9 Å². The first kappa shape index (κ1) is 37.3. The van der Waals surface area contributed by atoms with Crippen LogP contribution < -0.4 is 0 Å². The number of ether oxygens (including phenoxy) is 5. The number of hydrogen-bond acceptors (Lipinski definition) is 10. The highest BCUT2D eigenvalue weighted by Gasteiger charge is 2.43. The summed E-state index contributed by atoms with van der Waals surface area (Å²) >= 11 is 6.29. The number of hydrogen-bond donors (Lipinski definition) is 4. The van der Waals surface area contributed by atoms with Crippen LogP contribution in [0.2, 0.25) is 0 Å². The first-order valence-corrected chi connectivity index (χ1v) is 16.2. The van der Waals surface area contributed by atoms with Crippen molar-refractivity contribution in [2.45, 2.75) is 132 Å². The van der Waals surface area contributed by atoms with Gasteiger partial charge in [-0.3, -0.25) is 4.79 Å². The SMILES string of the molecule is CC/C=C\C\C=C/C=C/C=C/C=C\[C@@H]1OC(=O)CC[C@@H](Cl)/C=C\[C@H](O)[C@H]1O[C@H]1C[C@@H](O[C@H]2C[C@@H](O)[C@@H](O)[C@@H](C)O2)[C@@H](O)[C@@H](C)O1. The Balaban J connectivity index is 1.73. The molecule has 0 unspecified atom stereocenters. The van der Waals surface area contributed by atoms with Crippen molar-refractivity contribution in [3.63, 3.8) is 0 Å². The number of cyclic esters (lactones) is 1. The van der Waals surface area contributed by atoms with Crippen LogP contribution in [0.4, 0.5) is 0 Å². The minimum absolute atomic E-state index is 0.0271. The molecule has 0 amide bonds. The lowest BCUT2D eigenvalue weighted by Gasteiger charge is -2.43. The molecule has 0 bridgehead atoms. The molecule has 0 aromatic carbocycles. The molecule has 0 aromatic heterocycles. The van der Waals surface area contributed by atoms with Gasteiger partial charge in [0, 0.05) is 19.3 Å². The second kappa shape index (κ2) is 19.5. The number of allylic oxidation sites excluding steroid dienone is 10. The van der Waals surface area contributed by atoms with Crippen molar-refractivity contribution in [3.05, 3.63) is 72.9 Å². The molecule has 0 aromatic rings. The number of rotatable bonds is 11. The summed E-state index contributed by atoms with van der Waals surface area (Å²) in [6, 6.07) is 0. The maximum Gasteiger partial charge on any atom is 0.306 e. The van der Waals surface area contributed by atoms with Gasteiger partial charge in [-0.25, -0.2) is 0 Å². The summed E-state index contributed by atoms with van der Waals surface area (Å²) in [4.78, 5) is 12.7. The van der Waals surface area contributed by atoms with Crippen molar-refractivity contribution in [3.8, 4) is 0 Å². The lowest BCUT2D eigenvalue weighted by atomic mass is 10.00. The normalized spacial score (nSPS) is 39.8. The number of aliphatic hydroxyl groups excluding tert-OH is 4. The summed E-state index contributed by atoms with van der Waals surface area (Å²) in [6.07, 6.45) is 14.1. The third kappa shape index (κ3) is 12.5. The molecule has 0 radical (unpaired) electrons. The van der Waals surface area contributed by atoms with Gasteiger partial charge in [-0.15, -0.1) is 11.6 Å². The van der Waals surface area contributed by atoms with Gasteiger partial charge in [0.25, 0.3) is 0 Å². The van der Waals surface area contributed by atoms with Gasteiger partial charge in [-0.05, 0) is 39.2 Å². The van der Waals surface area contributed by atoms with Crippen molar-refractivity contribution in [1.82, 2.24) is 0 Å². The van der Waals surface area contributed by atoms with E-state index in [1.165, 1.54) is 6.08 Å². The fraction of sp³-hybridized carbons (Fsp3) is 0.618. The van der Waals surface area contributed by atoms with E-state index >= 15 is 0 Å².